The number of hydrogen-bond donors (Lipinski definition) is 2. The van der Waals surface area contributed by atoms with Gasteiger partial charge in [0.15, 0.2) is 0 Å². The average Bonchev–Trinajstić information content (AvgIpc) is 2.33. The highest BCUT2D eigenvalue weighted by atomic mass is 19.1. The molecule has 16 heavy (non-hydrogen) atoms. The van der Waals surface area contributed by atoms with E-state index in [0.717, 1.165) is 13.1 Å². The van der Waals surface area contributed by atoms with Gasteiger partial charge in [-0.2, -0.15) is 0 Å². The van der Waals surface area contributed by atoms with Crippen molar-refractivity contribution in [3.63, 3.8) is 0 Å². The summed E-state index contributed by atoms with van der Waals surface area (Å²) in [5.41, 5.74) is 1.83. The summed E-state index contributed by atoms with van der Waals surface area (Å²) in [7, 11) is 0. The molecule has 0 spiro atoms. The van der Waals surface area contributed by atoms with Crippen molar-refractivity contribution in [3.8, 4) is 0 Å². The van der Waals surface area contributed by atoms with Crippen molar-refractivity contribution in [2.24, 2.45) is 0 Å². The topological polar surface area (TPSA) is 24.7 Å². The van der Waals surface area contributed by atoms with Crippen molar-refractivity contribution in [2.75, 3.05) is 19.7 Å². The molecule has 1 aliphatic rings. The number of quaternary nitrogens is 1. The van der Waals surface area contributed by atoms with Crippen LogP contribution >= 0.6 is 0 Å². The SMILES string of the molecule is OCC1=C(F)CC[NH+](Cc2ccccc2)C1. The number of rotatable bonds is 3. The summed E-state index contributed by atoms with van der Waals surface area (Å²) >= 11 is 0. The van der Waals surface area contributed by atoms with Gasteiger partial charge < -0.3 is 10.0 Å². The normalized spacial score (nSPS) is 21.2. The molecule has 1 atom stereocenters. The first kappa shape index (κ1) is 11.3. The van der Waals surface area contributed by atoms with Crippen molar-refractivity contribution in [3.05, 3.63) is 47.3 Å². The second-order valence-electron chi connectivity index (χ2n) is 4.26. The maximum atomic E-state index is 13.3. The van der Waals surface area contributed by atoms with E-state index in [0.29, 0.717) is 18.5 Å². The predicted octanol–water partition coefficient (Wildman–Crippen LogP) is 0.691. The third-order valence-electron chi connectivity index (χ3n) is 3.03. The lowest BCUT2D eigenvalue weighted by molar-refractivity contribution is -0.911. The highest BCUT2D eigenvalue weighted by molar-refractivity contribution is 5.14. The summed E-state index contributed by atoms with van der Waals surface area (Å²) < 4.78 is 13.3. The van der Waals surface area contributed by atoms with Crippen LogP contribution in [-0.4, -0.2) is 24.8 Å². The van der Waals surface area contributed by atoms with Gasteiger partial charge >= 0.3 is 0 Å². The molecule has 1 unspecified atom stereocenters. The molecule has 0 fully saturated rings. The van der Waals surface area contributed by atoms with E-state index in [4.69, 9.17) is 5.11 Å². The smallest absolute Gasteiger partial charge is 0.113 e. The molecule has 1 aromatic rings. The molecule has 0 aliphatic carbocycles. The van der Waals surface area contributed by atoms with E-state index in [1.807, 2.05) is 18.2 Å². The minimum Gasteiger partial charge on any atom is -0.392 e. The number of nitrogens with one attached hydrogen (secondary N) is 1. The molecule has 0 radical (unpaired) electrons. The lowest BCUT2D eigenvalue weighted by atomic mass is 10.1. The lowest BCUT2D eigenvalue weighted by Crippen LogP contribution is -3.11. The zero-order chi connectivity index (χ0) is 11.4. The Balaban J connectivity index is 1.99. The third-order valence-corrected chi connectivity index (χ3v) is 3.03. The highest BCUT2D eigenvalue weighted by Crippen LogP contribution is 2.11. The number of halogens is 1. The van der Waals surface area contributed by atoms with Gasteiger partial charge in [-0.1, -0.05) is 30.3 Å². The van der Waals surface area contributed by atoms with Crippen LogP contribution in [0, 0.1) is 0 Å². The molecule has 0 saturated heterocycles. The molecular weight excluding hydrogens is 205 g/mol. The summed E-state index contributed by atoms with van der Waals surface area (Å²) in [5.74, 6) is -0.112. The third kappa shape index (κ3) is 2.68. The molecule has 1 aromatic carbocycles. The van der Waals surface area contributed by atoms with E-state index in [1.54, 1.807) is 0 Å². The Bertz CT molecular complexity index is 375. The zero-order valence-corrected chi connectivity index (χ0v) is 9.25. The van der Waals surface area contributed by atoms with Gasteiger partial charge in [-0.25, -0.2) is 4.39 Å². The summed E-state index contributed by atoms with van der Waals surface area (Å²) in [6.45, 7) is 2.18. The van der Waals surface area contributed by atoms with Crippen molar-refractivity contribution < 1.29 is 14.4 Å². The van der Waals surface area contributed by atoms with Gasteiger partial charge in [0.05, 0.1) is 13.2 Å². The monoisotopic (exact) mass is 222 g/mol. The molecular formula is C13H17FNO+. The van der Waals surface area contributed by atoms with Crippen molar-refractivity contribution in [1.82, 2.24) is 0 Å². The maximum absolute atomic E-state index is 13.3. The summed E-state index contributed by atoms with van der Waals surface area (Å²) in [6.07, 6.45) is 0.456. The largest absolute Gasteiger partial charge is 0.392 e. The van der Waals surface area contributed by atoms with Gasteiger partial charge in [0, 0.05) is 17.6 Å². The van der Waals surface area contributed by atoms with E-state index < -0.39 is 0 Å². The zero-order valence-electron chi connectivity index (χ0n) is 9.25. The minimum atomic E-state index is -0.149. The quantitative estimate of drug-likeness (QED) is 0.773. The van der Waals surface area contributed by atoms with Crippen molar-refractivity contribution in [2.45, 2.75) is 13.0 Å². The average molecular weight is 222 g/mol. The first-order valence-corrected chi connectivity index (χ1v) is 5.64. The van der Waals surface area contributed by atoms with Crippen LogP contribution in [0.5, 0.6) is 0 Å². The molecule has 86 valence electrons. The van der Waals surface area contributed by atoms with E-state index in [9.17, 15) is 4.39 Å². The maximum Gasteiger partial charge on any atom is 0.113 e. The fourth-order valence-electron chi connectivity index (χ4n) is 2.13. The molecule has 0 saturated carbocycles. The van der Waals surface area contributed by atoms with Crippen LogP contribution in [-0.2, 0) is 6.54 Å². The van der Waals surface area contributed by atoms with Gasteiger partial charge in [-0.3, -0.25) is 0 Å². The van der Waals surface area contributed by atoms with Gasteiger partial charge in [0.2, 0.25) is 0 Å². The molecule has 1 heterocycles. The second kappa shape index (κ2) is 5.23. The van der Waals surface area contributed by atoms with Gasteiger partial charge in [0.1, 0.15) is 18.9 Å². The lowest BCUT2D eigenvalue weighted by Gasteiger charge is -2.24. The fraction of sp³-hybridized carbons (Fsp3) is 0.385. The van der Waals surface area contributed by atoms with E-state index in [-0.39, 0.29) is 12.4 Å². The number of aliphatic hydroxyl groups is 1. The summed E-state index contributed by atoms with van der Waals surface area (Å²) in [5, 5.41) is 9.03. The van der Waals surface area contributed by atoms with Crippen LogP contribution in [0.3, 0.4) is 0 Å². The van der Waals surface area contributed by atoms with Crippen LogP contribution in [0.4, 0.5) is 4.39 Å². The molecule has 0 amide bonds. The predicted molar refractivity (Wildman–Crippen MR) is 60.7 cm³/mol. The molecule has 3 heteroatoms. The fourth-order valence-corrected chi connectivity index (χ4v) is 2.13. The Kier molecular flexibility index (Phi) is 3.70. The van der Waals surface area contributed by atoms with E-state index in [2.05, 4.69) is 12.1 Å². The molecule has 2 N–H and O–H groups in total. The first-order valence-electron chi connectivity index (χ1n) is 5.64. The standard InChI is InChI=1S/C13H16FNO/c14-13-6-7-15(9-12(13)10-16)8-11-4-2-1-3-5-11/h1-5,16H,6-10H2/p+1. The van der Waals surface area contributed by atoms with Crippen LogP contribution < -0.4 is 4.90 Å². The Labute approximate surface area is 95.0 Å². The summed E-state index contributed by atoms with van der Waals surface area (Å²) in [4.78, 5) is 1.32. The van der Waals surface area contributed by atoms with Crippen LogP contribution in [0.15, 0.2) is 41.7 Å². The first-order chi connectivity index (χ1) is 7.79. The number of aliphatic hydroxyl groups excluding tert-OH is 1. The Morgan fingerprint density at radius 2 is 2.00 bits per heavy atom. The van der Waals surface area contributed by atoms with Crippen molar-refractivity contribution >= 4 is 0 Å². The molecule has 1 aliphatic heterocycles. The van der Waals surface area contributed by atoms with Gasteiger partial charge in [-0.15, -0.1) is 0 Å². The summed E-state index contributed by atoms with van der Waals surface area (Å²) in [6, 6.07) is 10.2. The Morgan fingerprint density at radius 3 is 2.69 bits per heavy atom. The Hall–Kier alpha value is -1.19. The molecule has 2 rings (SSSR count). The van der Waals surface area contributed by atoms with Crippen LogP contribution in [0.25, 0.3) is 0 Å². The molecule has 2 nitrogen and oxygen atoms in total. The number of benzene rings is 1. The minimum absolute atomic E-state index is 0.112. The second-order valence-corrected chi connectivity index (χ2v) is 4.26. The highest BCUT2D eigenvalue weighted by Gasteiger charge is 2.21. The van der Waals surface area contributed by atoms with Crippen molar-refractivity contribution in [1.29, 1.82) is 0 Å². The van der Waals surface area contributed by atoms with E-state index in [1.165, 1.54) is 10.5 Å². The van der Waals surface area contributed by atoms with Gasteiger partial charge in [-0.05, 0) is 0 Å². The Morgan fingerprint density at radius 1 is 1.25 bits per heavy atom. The van der Waals surface area contributed by atoms with Crippen LogP contribution in [0.2, 0.25) is 0 Å². The molecule has 0 aromatic heterocycles. The van der Waals surface area contributed by atoms with Gasteiger partial charge in [0.25, 0.3) is 0 Å². The number of hydrogen-bond acceptors (Lipinski definition) is 1. The van der Waals surface area contributed by atoms with Crippen LogP contribution in [0.1, 0.15) is 12.0 Å². The molecule has 0 bridgehead atoms. The van der Waals surface area contributed by atoms with E-state index >= 15 is 0 Å².